The second-order valence-corrected chi connectivity index (χ2v) is 10.1. The molecule has 1 amide bonds. The van der Waals surface area contributed by atoms with Gasteiger partial charge in [0.05, 0.1) is 10.3 Å². The number of fused-ring (bicyclic) bond motifs is 1. The Hall–Kier alpha value is -3.57. The number of sulfonamides is 1. The Morgan fingerprint density at radius 1 is 1.03 bits per heavy atom. The minimum absolute atomic E-state index is 0.0436. The van der Waals surface area contributed by atoms with Crippen LogP contribution >= 0.6 is 0 Å². The molecule has 0 spiro atoms. The predicted octanol–water partition coefficient (Wildman–Crippen LogP) is 2.39. The van der Waals surface area contributed by atoms with E-state index in [4.69, 9.17) is 4.74 Å². The highest BCUT2D eigenvalue weighted by atomic mass is 32.2. The molecule has 0 radical (unpaired) electrons. The van der Waals surface area contributed by atoms with Crippen molar-refractivity contribution in [1.82, 2.24) is 14.1 Å². The number of ether oxygens (including phenoxy) is 1. The van der Waals surface area contributed by atoms with Gasteiger partial charge in [0.25, 0.3) is 11.5 Å². The summed E-state index contributed by atoms with van der Waals surface area (Å²) in [5.74, 6) is -1.42. The summed E-state index contributed by atoms with van der Waals surface area (Å²) in [6, 6.07) is 12.4. The Morgan fingerprint density at radius 3 is 2.34 bits per heavy atom. The van der Waals surface area contributed by atoms with Crippen LogP contribution in [0.25, 0.3) is 10.8 Å². The van der Waals surface area contributed by atoms with E-state index in [-0.39, 0.29) is 16.1 Å². The van der Waals surface area contributed by atoms with Crippen molar-refractivity contribution >= 4 is 38.4 Å². The number of nitrogens with one attached hydrogen (secondary N) is 1. The number of hydrogen-bond acceptors (Lipinski definition) is 7. The number of benzene rings is 2. The maximum Gasteiger partial charge on any atom is 0.359 e. The molecular formula is C24H26N4O6S. The molecule has 1 aliphatic heterocycles. The van der Waals surface area contributed by atoms with Crippen molar-refractivity contribution in [3.63, 3.8) is 0 Å². The van der Waals surface area contributed by atoms with E-state index in [1.54, 1.807) is 24.3 Å². The van der Waals surface area contributed by atoms with E-state index >= 15 is 0 Å². The van der Waals surface area contributed by atoms with Gasteiger partial charge >= 0.3 is 5.97 Å². The third-order valence-corrected chi connectivity index (χ3v) is 7.58. The van der Waals surface area contributed by atoms with Crippen molar-refractivity contribution in [2.45, 2.75) is 37.6 Å². The zero-order valence-electron chi connectivity index (χ0n) is 19.3. The van der Waals surface area contributed by atoms with Gasteiger partial charge in [-0.1, -0.05) is 25.1 Å². The first-order chi connectivity index (χ1) is 16.8. The lowest BCUT2D eigenvalue weighted by atomic mass is 10.1. The normalized spacial score (nSPS) is 14.2. The van der Waals surface area contributed by atoms with Crippen molar-refractivity contribution in [3.8, 4) is 0 Å². The third-order valence-electron chi connectivity index (χ3n) is 5.67. The fourth-order valence-electron chi connectivity index (χ4n) is 3.93. The molecule has 10 nitrogen and oxygen atoms in total. The van der Waals surface area contributed by atoms with E-state index in [1.165, 1.54) is 33.3 Å². The topological polar surface area (TPSA) is 128 Å². The van der Waals surface area contributed by atoms with Crippen molar-refractivity contribution in [2.75, 3.05) is 25.0 Å². The molecule has 2 heterocycles. The average molecular weight is 499 g/mol. The van der Waals surface area contributed by atoms with Crippen molar-refractivity contribution < 1.29 is 22.7 Å². The number of hydrogen-bond donors (Lipinski definition) is 1. The van der Waals surface area contributed by atoms with E-state index < -0.39 is 28.5 Å². The first-order valence-corrected chi connectivity index (χ1v) is 12.8. The Labute approximate surface area is 202 Å². The van der Waals surface area contributed by atoms with E-state index in [2.05, 4.69) is 10.4 Å². The Balaban J connectivity index is 1.42. The molecule has 0 atom stereocenters. The summed E-state index contributed by atoms with van der Waals surface area (Å²) in [7, 11) is -3.54. The van der Waals surface area contributed by atoms with Gasteiger partial charge in [0.15, 0.2) is 12.3 Å². The summed E-state index contributed by atoms with van der Waals surface area (Å²) in [6.07, 6.45) is 2.34. The second-order valence-electron chi connectivity index (χ2n) is 8.18. The lowest BCUT2D eigenvalue weighted by molar-refractivity contribution is -0.119. The number of amides is 1. The molecule has 1 fully saturated rings. The number of carbonyl (C=O) groups excluding carboxylic acids is 2. The molecule has 184 valence electrons. The fraction of sp³-hybridized carbons (Fsp3) is 0.333. The second kappa shape index (κ2) is 10.4. The van der Waals surface area contributed by atoms with Crippen LogP contribution < -0.4 is 10.9 Å². The molecule has 0 saturated carbocycles. The monoisotopic (exact) mass is 498 g/mol. The molecule has 4 rings (SSSR count). The van der Waals surface area contributed by atoms with Crippen molar-refractivity contribution in [3.05, 3.63) is 64.6 Å². The summed E-state index contributed by atoms with van der Waals surface area (Å²) in [4.78, 5) is 37.8. The fourth-order valence-corrected chi connectivity index (χ4v) is 5.45. The first kappa shape index (κ1) is 24.6. The molecule has 1 N–H and O–H groups in total. The Bertz CT molecular complexity index is 1410. The maximum atomic E-state index is 12.7. The van der Waals surface area contributed by atoms with E-state index in [0.717, 1.165) is 12.8 Å². The van der Waals surface area contributed by atoms with Gasteiger partial charge in [-0.25, -0.2) is 17.9 Å². The summed E-state index contributed by atoms with van der Waals surface area (Å²) < 4.78 is 33.0. The summed E-state index contributed by atoms with van der Waals surface area (Å²) in [6.45, 7) is 2.67. The molecule has 0 unspecified atom stereocenters. The smallest absolute Gasteiger partial charge is 0.359 e. The quantitative estimate of drug-likeness (QED) is 0.472. The maximum absolute atomic E-state index is 12.7. The zero-order valence-corrected chi connectivity index (χ0v) is 20.1. The van der Waals surface area contributed by atoms with Gasteiger partial charge in [0.2, 0.25) is 10.0 Å². The van der Waals surface area contributed by atoms with Crippen LogP contribution in [0.1, 0.15) is 36.7 Å². The van der Waals surface area contributed by atoms with Crippen LogP contribution in [0.4, 0.5) is 5.69 Å². The highest BCUT2D eigenvalue weighted by molar-refractivity contribution is 7.89. The highest BCUT2D eigenvalue weighted by Gasteiger charge is 2.27. The van der Waals surface area contributed by atoms with Gasteiger partial charge in [-0.05, 0) is 49.6 Å². The number of aromatic nitrogens is 2. The largest absolute Gasteiger partial charge is 0.451 e. The molecule has 3 aromatic rings. The van der Waals surface area contributed by atoms with Crippen LogP contribution in [-0.4, -0.2) is 54.1 Å². The Kier molecular flexibility index (Phi) is 7.27. The Morgan fingerprint density at radius 2 is 1.69 bits per heavy atom. The summed E-state index contributed by atoms with van der Waals surface area (Å²) in [5, 5.41) is 7.42. The lowest BCUT2D eigenvalue weighted by Gasteiger charge is -2.15. The number of nitrogens with zero attached hydrogens (tertiary/aromatic N) is 3. The van der Waals surface area contributed by atoms with Crippen LogP contribution in [0.15, 0.2) is 58.2 Å². The SMILES string of the molecule is CCCn1nc(C(=O)OCC(=O)Nc2ccc(S(=O)(=O)N3CCCC3)cc2)c2ccccc2c1=O. The van der Waals surface area contributed by atoms with E-state index in [9.17, 15) is 22.8 Å². The van der Waals surface area contributed by atoms with Gasteiger partial charge in [-0.3, -0.25) is 9.59 Å². The number of esters is 1. The standard InChI is InChI=1S/C24H26N4O6S/c1-2-13-28-23(30)20-8-4-3-7-19(20)22(26-28)24(31)34-16-21(29)25-17-9-11-18(12-10-17)35(32,33)27-14-5-6-15-27/h3-4,7-12H,2,5-6,13-16H2,1H3,(H,25,29). The van der Waals surface area contributed by atoms with Crippen LogP contribution in [0.2, 0.25) is 0 Å². The van der Waals surface area contributed by atoms with Crippen molar-refractivity contribution in [1.29, 1.82) is 0 Å². The average Bonchev–Trinajstić information content (AvgIpc) is 3.41. The first-order valence-electron chi connectivity index (χ1n) is 11.4. The predicted molar refractivity (Wildman–Crippen MR) is 130 cm³/mol. The van der Waals surface area contributed by atoms with E-state index in [1.807, 2.05) is 6.92 Å². The number of anilines is 1. The van der Waals surface area contributed by atoms with Gasteiger partial charge in [-0.15, -0.1) is 0 Å². The summed E-state index contributed by atoms with van der Waals surface area (Å²) in [5.41, 5.74) is 0.0244. The minimum Gasteiger partial charge on any atom is -0.451 e. The number of aryl methyl sites for hydroxylation is 1. The van der Waals surface area contributed by atoms with Crippen LogP contribution in [0, 0.1) is 0 Å². The molecule has 1 aliphatic rings. The van der Waals surface area contributed by atoms with Crippen LogP contribution in [0.5, 0.6) is 0 Å². The van der Waals surface area contributed by atoms with Crippen LogP contribution in [0.3, 0.4) is 0 Å². The third kappa shape index (κ3) is 5.25. The molecule has 1 aromatic heterocycles. The molecular weight excluding hydrogens is 472 g/mol. The van der Waals surface area contributed by atoms with E-state index in [0.29, 0.717) is 42.5 Å². The molecule has 2 aromatic carbocycles. The van der Waals surface area contributed by atoms with Gasteiger partial charge < -0.3 is 10.1 Å². The minimum atomic E-state index is -3.54. The highest BCUT2D eigenvalue weighted by Crippen LogP contribution is 2.22. The van der Waals surface area contributed by atoms with Crippen LogP contribution in [-0.2, 0) is 26.1 Å². The zero-order chi connectivity index (χ0) is 25.0. The van der Waals surface area contributed by atoms with Gasteiger partial charge in [0.1, 0.15) is 0 Å². The molecule has 0 aliphatic carbocycles. The summed E-state index contributed by atoms with van der Waals surface area (Å²) >= 11 is 0. The molecule has 35 heavy (non-hydrogen) atoms. The van der Waals surface area contributed by atoms with Crippen molar-refractivity contribution in [2.24, 2.45) is 0 Å². The van der Waals surface area contributed by atoms with Gasteiger partial charge in [0, 0.05) is 30.7 Å². The molecule has 1 saturated heterocycles. The molecule has 0 bridgehead atoms. The number of carbonyl (C=O) groups is 2. The van der Waals surface area contributed by atoms with Gasteiger partial charge in [-0.2, -0.15) is 9.40 Å². The molecule has 11 heteroatoms. The lowest BCUT2D eigenvalue weighted by Crippen LogP contribution is -2.28. The number of rotatable bonds is 8.